The number of fused-ring (bicyclic) bond motifs is 2. The number of rotatable bonds is 3. The van der Waals surface area contributed by atoms with Crippen LogP contribution in [0.5, 0.6) is 0 Å². The topological polar surface area (TPSA) is 37.3 Å². The lowest BCUT2D eigenvalue weighted by atomic mass is 9.81. The van der Waals surface area contributed by atoms with Gasteiger partial charge in [-0.3, -0.25) is 4.79 Å². The van der Waals surface area contributed by atoms with Crippen molar-refractivity contribution < 1.29 is 9.90 Å². The van der Waals surface area contributed by atoms with Crippen LogP contribution in [-0.4, -0.2) is 10.9 Å². The number of Topliss-reactive ketones (excluding diaryl/α,β-unsaturated/α-hetero) is 1. The Hall–Kier alpha value is -2.35. The van der Waals surface area contributed by atoms with Crippen LogP contribution >= 0.6 is 0 Å². The third-order valence-electron chi connectivity index (χ3n) is 5.83. The first kappa shape index (κ1) is 16.1. The lowest BCUT2D eigenvalue weighted by Gasteiger charge is -2.23. The number of hydrogen-bond acceptors (Lipinski definition) is 2. The summed E-state index contributed by atoms with van der Waals surface area (Å²) in [5, 5.41) is 10.7. The van der Waals surface area contributed by atoms with Gasteiger partial charge in [0.15, 0.2) is 5.78 Å². The molecule has 2 aliphatic rings. The smallest absolute Gasteiger partial charge is 0.169 e. The Morgan fingerprint density at radius 1 is 1.00 bits per heavy atom. The molecule has 2 heteroatoms. The molecule has 0 aliphatic heterocycles. The number of benzene rings is 2. The summed E-state index contributed by atoms with van der Waals surface area (Å²) in [7, 11) is 0. The Bertz CT molecular complexity index is 858. The highest BCUT2D eigenvalue weighted by atomic mass is 16.3. The molecule has 2 nitrogen and oxygen atoms in total. The standard InChI is InChI=1S/C23H24O2/c1-3-15-12-17(16-6-4-14(2)5-7-16)10-11-20(15)21-22(24)18-8-9-19(13-18)23(21)25/h4-7,10-12,18-19,24H,3,8-9,13H2,1-2H3/t18-,19+/m0/s1. The van der Waals surface area contributed by atoms with E-state index in [0.29, 0.717) is 11.3 Å². The van der Waals surface area contributed by atoms with Crippen LogP contribution in [0.4, 0.5) is 0 Å². The van der Waals surface area contributed by atoms with Crippen LogP contribution in [0.2, 0.25) is 0 Å². The van der Waals surface area contributed by atoms with Crippen molar-refractivity contribution in [3.8, 4) is 11.1 Å². The maximum Gasteiger partial charge on any atom is 0.169 e. The van der Waals surface area contributed by atoms with E-state index in [1.54, 1.807) is 0 Å². The summed E-state index contributed by atoms with van der Waals surface area (Å²) in [6.07, 6.45) is 3.53. The monoisotopic (exact) mass is 332 g/mol. The van der Waals surface area contributed by atoms with Gasteiger partial charge in [-0.05, 0) is 54.9 Å². The van der Waals surface area contributed by atoms with E-state index in [1.807, 2.05) is 6.07 Å². The molecule has 2 aliphatic carbocycles. The van der Waals surface area contributed by atoms with Crippen molar-refractivity contribution in [3.05, 3.63) is 64.9 Å². The van der Waals surface area contributed by atoms with Crippen LogP contribution in [0, 0.1) is 18.8 Å². The molecule has 0 saturated heterocycles. The Kier molecular flexibility index (Phi) is 3.99. The second-order valence-corrected chi connectivity index (χ2v) is 7.42. The first-order valence-corrected chi connectivity index (χ1v) is 9.26. The molecule has 2 aromatic rings. The van der Waals surface area contributed by atoms with Crippen molar-refractivity contribution in [1.82, 2.24) is 0 Å². The molecule has 1 fully saturated rings. The normalized spacial score (nSPS) is 22.6. The van der Waals surface area contributed by atoms with Crippen molar-refractivity contribution >= 4 is 11.4 Å². The molecule has 0 spiro atoms. The molecule has 0 amide bonds. The third-order valence-corrected chi connectivity index (χ3v) is 5.83. The summed E-state index contributed by atoms with van der Waals surface area (Å²) >= 11 is 0. The molecule has 2 bridgehead atoms. The van der Waals surface area contributed by atoms with Crippen molar-refractivity contribution in [1.29, 1.82) is 0 Å². The molecule has 2 atom stereocenters. The van der Waals surface area contributed by atoms with E-state index in [2.05, 4.69) is 50.2 Å². The molecule has 2 aromatic carbocycles. The maximum atomic E-state index is 12.8. The molecule has 25 heavy (non-hydrogen) atoms. The van der Waals surface area contributed by atoms with Crippen molar-refractivity contribution in [2.45, 2.75) is 39.5 Å². The Balaban J connectivity index is 1.80. The fourth-order valence-electron chi connectivity index (χ4n) is 4.33. The van der Waals surface area contributed by atoms with E-state index < -0.39 is 0 Å². The highest BCUT2D eigenvalue weighted by molar-refractivity contribution is 6.23. The van der Waals surface area contributed by atoms with Gasteiger partial charge in [-0.2, -0.15) is 0 Å². The van der Waals surface area contributed by atoms with Gasteiger partial charge in [-0.25, -0.2) is 0 Å². The molecule has 0 radical (unpaired) electrons. The first-order valence-electron chi connectivity index (χ1n) is 9.26. The van der Waals surface area contributed by atoms with Gasteiger partial charge < -0.3 is 5.11 Å². The highest BCUT2D eigenvalue weighted by Gasteiger charge is 2.41. The quantitative estimate of drug-likeness (QED) is 0.806. The largest absolute Gasteiger partial charge is 0.511 e. The molecule has 1 N–H and O–H groups in total. The van der Waals surface area contributed by atoms with Crippen molar-refractivity contribution in [3.63, 3.8) is 0 Å². The van der Waals surface area contributed by atoms with Gasteiger partial charge in [0, 0.05) is 11.8 Å². The highest BCUT2D eigenvalue weighted by Crippen LogP contribution is 2.46. The number of carbonyl (C=O) groups excluding carboxylic acids is 1. The molecule has 0 aromatic heterocycles. The summed E-state index contributed by atoms with van der Waals surface area (Å²) in [5.74, 6) is 0.761. The fourth-order valence-corrected chi connectivity index (χ4v) is 4.33. The molecular formula is C23H24O2. The van der Waals surface area contributed by atoms with E-state index >= 15 is 0 Å². The zero-order chi connectivity index (χ0) is 17.6. The van der Waals surface area contributed by atoms with Crippen LogP contribution < -0.4 is 0 Å². The zero-order valence-electron chi connectivity index (χ0n) is 14.9. The maximum absolute atomic E-state index is 12.8. The predicted molar refractivity (Wildman–Crippen MR) is 101 cm³/mol. The third kappa shape index (κ3) is 2.70. The summed E-state index contributed by atoms with van der Waals surface area (Å²) in [6.45, 7) is 4.19. The summed E-state index contributed by atoms with van der Waals surface area (Å²) < 4.78 is 0. The summed E-state index contributed by atoms with van der Waals surface area (Å²) in [6, 6.07) is 14.8. The van der Waals surface area contributed by atoms with Crippen LogP contribution in [0.3, 0.4) is 0 Å². The van der Waals surface area contributed by atoms with Gasteiger partial charge in [0.05, 0.1) is 5.57 Å². The predicted octanol–water partition coefficient (Wildman–Crippen LogP) is 5.49. The number of allylic oxidation sites excluding steroid dienone is 2. The molecule has 1 saturated carbocycles. The molecule has 128 valence electrons. The van der Waals surface area contributed by atoms with Gasteiger partial charge in [0.25, 0.3) is 0 Å². The second-order valence-electron chi connectivity index (χ2n) is 7.42. The van der Waals surface area contributed by atoms with Gasteiger partial charge >= 0.3 is 0 Å². The van der Waals surface area contributed by atoms with Gasteiger partial charge in [-0.1, -0.05) is 55.0 Å². The number of hydrogen-bond donors (Lipinski definition) is 1. The van der Waals surface area contributed by atoms with E-state index in [4.69, 9.17) is 0 Å². The van der Waals surface area contributed by atoms with Crippen LogP contribution in [0.15, 0.2) is 48.2 Å². The molecular weight excluding hydrogens is 308 g/mol. The number of aliphatic hydroxyl groups excluding tert-OH is 1. The zero-order valence-corrected chi connectivity index (χ0v) is 14.9. The van der Waals surface area contributed by atoms with Crippen molar-refractivity contribution in [2.75, 3.05) is 0 Å². The van der Waals surface area contributed by atoms with Gasteiger partial charge in [0.2, 0.25) is 0 Å². The van der Waals surface area contributed by atoms with Crippen LogP contribution in [-0.2, 0) is 11.2 Å². The van der Waals surface area contributed by atoms with Gasteiger partial charge in [0.1, 0.15) is 5.76 Å². The van der Waals surface area contributed by atoms with Crippen LogP contribution in [0.25, 0.3) is 16.7 Å². The van der Waals surface area contributed by atoms with E-state index in [0.717, 1.165) is 42.4 Å². The Labute approximate surface area is 149 Å². The Morgan fingerprint density at radius 2 is 1.68 bits per heavy atom. The minimum absolute atomic E-state index is 0.109. The average Bonchev–Trinajstić information content (AvgIpc) is 3.08. The first-order chi connectivity index (χ1) is 12.1. The molecule has 0 unspecified atom stereocenters. The minimum Gasteiger partial charge on any atom is -0.511 e. The summed E-state index contributed by atoms with van der Waals surface area (Å²) in [4.78, 5) is 12.8. The van der Waals surface area contributed by atoms with Crippen molar-refractivity contribution in [2.24, 2.45) is 11.8 Å². The SMILES string of the molecule is CCc1cc(-c2ccc(C)cc2)ccc1C1=C(O)[C@H]2CC[C@H](C2)C1=O. The van der Waals surface area contributed by atoms with Gasteiger partial charge in [-0.15, -0.1) is 0 Å². The molecule has 0 heterocycles. The van der Waals surface area contributed by atoms with E-state index in [-0.39, 0.29) is 17.6 Å². The number of carbonyl (C=O) groups is 1. The number of ketones is 1. The minimum atomic E-state index is 0.109. The lowest BCUT2D eigenvalue weighted by molar-refractivity contribution is -0.117. The Morgan fingerprint density at radius 3 is 2.40 bits per heavy atom. The summed E-state index contributed by atoms with van der Waals surface area (Å²) in [5.41, 5.74) is 6.24. The van der Waals surface area contributed by atoms with E-state index in [9.17, 15) is 9.90 Å². The molecule has 4 rings (SSSR count). The number of aryl methyl sites for hydroxylation is 2. The lowest BCUT2D eigenvalue weighted by Crippen LogP contribution is -2.21. The average molecular weight is 332 g/mol. The van der Waals surface area contributed by atoms with E-state index in [1.165, 1.54) is 11.1 Å². The fraction of sp³-hybridized carbons (Fsp3) is 0.348. The second kappa shape index (κ2) is 6.18. The van der Waals surface area contributed by atoms with Crippen LogP contribution in [0.1, 0.15) is 42.9 Å². The number of aliphatic hydroxyl groups is 1.